The number of halogens is 2. The number of hydrogen-bond donors (Lipinski definition) is 2. The number of thioether (sulfide) groups is 1. The molecular weight excluding hydrogens is 272 g/mol. The summed E-state index contributed by atoms with van der Waals surface area (Å²) >= 11 is 0.861. The van der Waals surface area contributed by atoms with E-state index in [1.807, 2.05) is 0 Å². The zero-order valence-electron chi connectivity index (χ0n) is 10.8. The molecule has 0 spiro atoms. The lowest BCUT2D eigenvalue weighted by atomic mass is 10.1. The van der Waals surface area contributed by atoms with Crippen molar-refractivity contribution in [2.45, 2.75) is 30.6 Å². The molecule has 0 aliphatic heterocycles. The Morgan fingerprint density at radius 1 is 1.37 bits per heavy atom. The summed E-state index contributed by atoms with van der Waals surface area (Å²) < 4.78 is 26.9. The summed E-state index contributed by atoms with van der Waals surface area (Å²) in [6, 6.07) is 6.26. The lowest BCUT2D eigenvalue weighted by Gasteiger charge is -2.30. The summed E-state index contributed by atoms with van der Waals surface area (Å²) in [5, 5.41) is 8.84. The van der Waals surface area contributed by atoms with Gasteiger partial charge in [-0.25, -0.2) is 8.78 Å². The fraction of sp³-hybridized carbons (Fsp3) is 0.462. The van der Waals surface area contributed by atoms with Gasteiger partial charge in [0.2, 0.25) is 0 Å². The van der Waals surface area contributed by atoms with Crippen LogP contribution in [0.25, 0.3) is 0 Å². The number of carboxylic acid groups (broad SMARTS) is 1. The minimum atomic E-state index is -3.01. The zero-order valence-corrected chi connectivity index (χ0v) is 11.6. The number of rotatable bonds is 6. The Bertz CT molecular complexity index is 438. The number of nitrogens with two attached hydrogens (primary N) is 1. The number of carbonyl (C=O) groups is 1. The van der Waals surface area contributed by atoms with Crippen molar-refractivity contribution < 1.29 is 18.7 Å². The molecule has 0 heterocycles. The number of carboxylic acids is 1. The molecular formula is C13H17F2NO2S. The molecule has 106 valence electrons. The van der Waals surface area contributed by atoms with Crippen molar-refractivity contribution in [3.05, 3.63) is 35.9 Å². The summed E-state index contributed by atoms with van der Waals surface area (Å²) in [5.74, 6) is -4.72. The first-order valence-corrected chi connectivity index (χ1v) is 6.71. The van der Waals surface area contributed by atoms with Gasteiger partial charge in [0.25, 0.3) is 5.92 Å². The van der Waals surface area contributed by atoms with Gasteiger partial charge in [-0.2, -0.15) is 0 Å². The Labute approximate surface area is 115 Å². The highest BCUT2D eigenvalue weighted by molar-refractivity contribution is 8.00. The summed E-state index contributed by atoms with van der Waals surface area (Å²) in [7, 11) is 0. The number of hydrogen-bond acceptors (Lipinski definition) is 3. The van der Waals surface area contributed by atoms with E-state index >= 15 is 0 Å². The molecule has 1 aromatic rings. The molecule has 0 unspecified atom stereocenters. The van der Waals surface area contributed by atoms with Gasteiger partial charge in [0.15, 0.2) is 0 Å². The van der Waals surface area contributed by atoms with Gasteiger partial charge in [-0.1, -0.05) is 30.3 Å². The van der Waals surface area contributed by atoms with E-state index in [4.69, 9.17) is 10.8 Å². The second-order valence-corrected chi connectivity index (χ2v) is 6.41. The van der Waals surface area contributed by atoms with Crippen LogP contribution in [0, 0.1) is 0 Å². The Balaban J connectivity index is 2.73. The molecule has 0 aliphatic carbocycles. The minimum absolute atomic E-state index is 0.0813. The van der Waals surface area contributed by atoms with Crippen molar-refractivity contribution in [3.8, 4) is 0 Å². The van der Waals surface area contributed by atoms with E-state index in [0.29, 0.717) is 0 Å². The third kappa shape index (κ3) is 4.18. The van der Waals surface area contributed by atoms with E-state index < -0.39 is 28.4 Å². The normalized spacial score (nSPS) is 14.2. The summed E-state index contributed by atoms with van der Waals surface area (Å²) in [6.07, 6.45) is 0. The van der Waals surface area contributed by atoms with E-state index in [9.17, 15) is 13.6 Å². The highest BCUT2D eigenvalue weighted by Crippen LogP contribution is 2.37. The number of aliphatic carboxylic acids is 1. The summed E-state index contributed by atoms with van der Waals surface area (Å²) in [6.45, 7) is 3.11. The third-order valence-electron chi connectivity index (χ3n) is 2.84. The monoisotopic (exact) mass is 289 g/mol. The van der Waals surface area contributed by atoms with Gasteiger partial charge in [0.05, 0.1) is 5.75 Å². The van der Waals surface area contributed by atoms with Crippen LogP contribution in [-0.4, -0.2) is 27.6 Å². The molecule has 0 saturated heterocycles. The van der Waals surface area contributed by atoms with E-state index in [1.165, 1.54) is 12.1 Å². The van der Waals surface area contributed by atoms with Crippen LogP contribution < -0.4 is 5.73 Å². The molecule has 6 heteroatoms. The first-order valence-electron chi connectivity index (χ1n) is 5.72. The van der Waals surface area contributed by atoms with Gasteiger partial charge < -0.3 is 10.8 Å². The maximum Gasteiger partial charge on any atom is 0.321 e. The zero-order chi connectivity index (χ0) is 14.7. The van der Waals surface area contributed by atoms with Gasteiger partial charge in [0, 0.05) is 10.3 Å². The molecule has 0 aliphatic rings. The maximum atomic E-state index is 13.9. The van der Waals surface area contributed by atoms with Crippen LogP contribution in [0.3, 0.4) is 0 Å². The Morgan fingerprint density at radius 3 is 2.37 bits per heavy atom. The van der Waals surface area contributed by atoms with Crippen LogP contribution in [-0.2, 0) is 10.7 Å². The second-order valence-electron chi connectivity index (χ2n) is 4.78. The molecule has 3 N–H and O–H groups in total. The standard InChI is InChI=1S/C13H17F2NO2S/c1-12(2,10(16)11(17)18)19-8-13(14,15)9-6-4-3-5-7-9/h3-7,10H,8,16H2,1-2H3,(H,17,18)/t10-/m1/s1. The molecule has 0 amide bonds. The van der Waals surface area contributed by atoms with Crippen molar-refractivity contribution in [1.82, 2.24) is 0 Å². The SMILES string of the molecule is CC(C)(SCC(F)(F)c1ccccc1)[C@H](N)C(=O)O. The smallest absolute Gasteiger partial charge is 0.321 e. The molecule has 0 bridgehead atoms. The largest absolute Gasteiger partial charge is 0.480 e. The Kier molecular flexibility index (Phi) is 4.92. The lowest BCUT2D eigenvalue weighted by Crippen LogP contribution is -2.47. The average Bonchev–Trinajstić information content (AvgIpc) is 2.37. The van der Waals surface area contributed by atoms with Crippen LogP contribution in [0.2, 0.25) is 0 Å². The van der Waals surface area contributed by atoms with Crippen LogP contribution in [0.15, 0.2) is 30.3 Å². The van der Waals surface area contributed by atoms with E-state index in [1.54, 1.807) is 32.0 Å². The molecule has 1 atom stereocenters. The summed E-state index contributed by atoms with van der Waals surface area (Å²) in [5.41, 5.74) is 5.42. The van der Waals surface area contributed by atoms with Gasteiger partial charge in [0.1, 0.15) is 6.04 Å². The minimum Gasteiger partial charge on any atom is -0.480 e. The summed E-state index contributed by atoms with van der Waals surface area (Å²) in [4.78, 5) is 10.8. The quantitative estimate of drug-likeness (QED) is 0.845. The molecule has 1 rings (SSSR count). The van der Waals surface area contributed by atoms with Gasteiger partial charge in [-0.05, 0) is 13.8 Å². The molecule has 0 saturated carbocycles. The fourth-order valence-corrected chi connectivity index (χ4v) is 2.43. The predicted molar refractivity (Wildman–Crippen MR) is 72.5 cm³/mol. The van der Waals surface area contributed by atoms with Crippen molar-refractivity contribution in [2.75, 3.05) is 5.75 Å². The van der Waals surface area contributed by atoms with Gasteiger partial charge >= 0.3 is 5.97 Å². The Morgan fingerprint density at radius 2 is 1.89 bits per heavy atom. The molecule has 1 aromatic carbocycles. The number of benzene rings is 1. The first kappa shape index (κ1) is 15.9. The van der Waals surface area contributed by atoms with Crippen LogP contribution in [0.1, 0.15) is 19.4 Å². The van der Waals surface area contributed by atoms with Gasteiger partial charge in [-0.3, -0.25) is 4.79 Å². The van der Waals surface area contributed by atoms with Crippen LogP contribution in [0.5, 0.6) is 0 Å². The second kappa shape index (κ2) is 5.88. The van der Waals surface area contributed by atoms with Crippen molar-refractivity contribution in [3.63, 3.8) is 0 Å². The average molecular weight is 289 g/mol. The highest BCUT2D eigenvalue weighted by Gasteiger charge is 2.38. The Hall–Kier alpha value is -1.14. The first-order chi connectivity index (χ1) is 8.67. The molecule has 0 fully saturated rings. The maximum absolute atomic E-state index is 13.9. The van der Waals surface area contributed by atoms with Crippen molar-refractivity contribution in [2.24, 2.45) is 5.73 Å². The van der Waals surface area contributed by atoms with Crippen LogP contribution >= 0.6 is 11.8 Å². The van der Waals surface area contributed by atoms with E-state index in [-0.39, 0.29) is 5.56 Å². The molecule has 19 heavy (non-hydrogen) atoms. The molecule has 0 aromatic heterocycles. The molecule has 3 nitrogen and oxygen atoms in total. The van der Waals surface area contributed by atoms with E-state index in [2.05, 4.69) is 0 Å². The third-order valence-corrected chi connectivity index (χ3v) is 4.34. The van der Waals surface area contributed by atoms with Crippen molar-refractivity contribution in [1.29, 1.82) is 0 Å². The topological polar surface area (TPSA) is 63.3 Å². The highest BCUT2D eigenvalue weighted by atomic mass is 32.2. The van der Waals surface area contributed by atoms with Gasteiger partial charge in [-0.15, -0.1) is 11.8 Å². The predicted octanol–water partition coefficient (Wildman–Crippen LogP) is 2.70. The number of alkyl halides is 2. The fourth-order valence-electron chi connectivity index (χ4n) is 1.43. The lowest BCUT2D eigenvalue weighted by molar-refractivity contribution is -0.139. The van der Waals surface area contributed by atoms with E-state index in [0.717, 1.165) is 11.8 Å². The molecule has 0 radical (unpaired) electrons. The van der Waals surface area contributed by atoms with Crippen LogP contribution in [0.4, 0.5) is 8.78 Å². The van der Waals surface area contributed by atoms with Crippen molar-refractivity contribution >= 4 is 17.7 Å².